The maximum Gasteiger partial charge on any atom is 0.507 e. The number of aryl methyl sites for hydroxylation is 1. The van der Waals surface area contributed by atoms with Crippen molar-refractivity contribution in [3.63, 3.8) is 0 Å². The Labute approximate surface area is 312 Å². The highest BCUT2D eigenvalue weighted by molar-refractivity contribution is 6.82. The van der Waals surface area contributed by atoms with Crippen molar-refractivity contribution in [2.24, 2.45) is 0 Å². The predicted octanol–water partition coefficient (Wildman–Crippen LogP) is 4.85. The van der Waals surface area contributed by atoms with Crippen molar-refractivity contribution in [2.45, 2.75) is 110 Å². The van der Waals surface area contributed by atoms with Crippen LogP contribution in [0.2, 0.25) is 44.3 Å². The first kappa shape index (κ1) is 47.2. The van der Waals surface area contributed by atoms with E-state index in [-0.39, 0.29) is 5.54 Å². The van der Waals surface area contributed by atoms with E-state index in [1.807, 2.05) is 0 Å². The van der Waals surface area contributed by atoms with Crippen molar-refractivity contribution in [1.82, 2.24) is 9.80 Å². The Hall–Kier alpha value is 0.161. The fraction of sp³-hybridized carbons (Fsp3) is 0.824. The van der Waals surface area contributed by atoms with Gasteiger partial charge in [0.05, 0.1) is 32.7 Å². The highest BCUT2D eigenvalue weighted by atomic mass is 28.4. The minimum absolute atomic E-state index is 0.0570. The van der Waals surface area contributed by atoms with Gasteiger partial charge in [-0.1, -0.05) is 61.7 Å². The third kappa shape index (κ3) is 15.2. The van der Waals surface area contributed by atoms with E-state index in [1.54, 1.807) is 31.7 Å². The number of hydrogen-bond acceptors (Lipinski definition) is 9. The zero-order chi connectivity index (χ0) is 37.0. The van der Waals surface area contributed by atoms with Crippen LogP contribution in [0, 0.1) is 0 Å². The molecule has 49 heavy (non-hydrogen) atoms. The van der Waals surface area contributed by atoms with Crippen LogP contribution in [0.1, 0.15) is 64.1 Å². The van der Waals surface area contributed by atoms with E-state index in [2.05, 4.69) is 96.8 Å². The molecule has 1 unspecified atom stereocenters. The molecule has 0 spiro atoms. The molecule has 1 atom stereocenters. The number of benzene rings is 1. The van der Waals surface area contributed by atoms with E-state index in [0.717, 1.165) is 60.0 Å². The molecule has 0 bridgehead atoms. The monoisotopic (exact) mass is 786 g/mol. The Balaban J connectivity index is 3.33. The van der Waals surface area contributed by atoms with Gasteiger partial charge in [0.2, 0.25) is 0 Å². The van der Waals surface area contributed by atoms with Gasteiger partial charge < -0.3 is 31.0 Å². The molecule has 0 saturated heterocycles. The lowest BCUT2D eigenvalue weighted by Crippen LogP contribution is -2.54. The second-order valence-corrected chi connectivity index (χ2v) is 26.1. The van der Waals surface area contributed by atoms with Crippen LogP contribution in [0.15, 0.2) is 12.1 Å². The van der Waals surface area contributed by atoms with Crippen LogP contribution in [0.25, 0.3) is 0 Å². The molecule has 0 fully saturated rings. The Bertz CT molecular complexity index is 964. The van der Waals surface area contributed by atoms with Crippen LogP contribution in [-0.4, -0.2) is 145 Å². The zero-order valence-electron chi connectivity index (χ0n) is 33.5. The van der Waals surface area contributed by atoms with Gasteiger partial charge in [-0.3, -0.25) is 9.80 Å². The van der Waals surface area contributed by atoms with Gasteiger partial charge in [-0.25, -0.2) is 0 Å². The molecule has 9 nitrogen and oxygen atoms in total. The summed E-state index contributed by atoms with van der Waals surface area (Å²) in [6, 6.07) is 7.97. The van der Waals surface area contributed by atoms with Crippen LogP contribution < -0.4 is 10.4 Å². The van der Waals surface area contributed by atoms with Gasteiger partial charge in [0.15, 0.2) is 0 Å². The van der Waals surface area contributed by atoms with Gasteiger partial charge in [-0.2, -0.15) is 0 Å². The van der Waals surface area contributed by atoms with Crippen molar-refractivity contribution in [3.8, 4) is 0 Å². The molecule has 282 valence electrons. The minimum atomic E-state index is -2.92. The van der Waals surface area contributed by atoms with Gasteiger partial charge in [0.25, 0.3) is 0 Å². The summed E-state index contributed by atoms with van der Waals surface area (Å²) in [5.74, 6) is 0.354. The molecule has 15 heteroatoms. The topological polar surface area (TPSA) is 71.1 Å². The SMILES string of the molecule is CCO[Si](CCCN(C)C([Si]CCc1ccc([Si](C)C)c([Si](C)C)c1C(C)[Si](OC)(OC)OC)N(C)CCC[Si](OCC)OCC)OCC. The lowest BCUT2D eigenvalue weighted by molar-refractivity contribution is 0.114. The van der Waals surface area contributed by atoms with E-state index in [0.29, 0.717) is 32.2 Å². The van der Waals surface area contributed by atoms with E-state index < -0.39 is 45.0 Å². The second-order valence-electron chi connectivity index (χ2n) is 12.7. The summed E-state index contributed by atoms with van der Waals surface area (Å²) in [5, 5.41) is 3.13. The largest absolute Gasteiger partial charge is 0.507 e. The van der Waals surface area contributed by atoms with Crippen molar-refractivity contribution < 1.29 is 31.0 Å². The summed E-state index contributed by atoms with van der Waals surface area (Å²) in [7, 11) is 3.84. The molecule has 0 aliphatic heterocycles. The maximum atomic E-state index is 6.09. The zero-order valence-corrected chi connectivity index (χ0v) is 39.5. The van der Waals surface area contributed by atoms with Crippen LogP contribution in [-0.2, 0) is 37.4 Å². The molecule has 0 aliphatic carbocycles. The molecule has 0 aromatic heterocycles. The van der Waals surface area contributed by atoms with Crippen molar-refractivity contribution in [1.29, 1.82) is 0 Å². The second kappa shape index (κ2) is 26.0. The molecular formula is C34H70N2O7Si6. The van der Waals surface area contributed by atoms with Crippen LogP contribution in [0.3, 0.4) is 0 Å². The Morgan fingerprint density at radius 3 is 1.53 bits per heavy atom. The highest BCUT2D eigenvalue weighted by Crippen LogP contribution is 2.31. The van der Waals surface area contributed by atoms with Crippen LogP contribution in [0.5, 0.6) is 0 Å². The summed E-state index contributed by atoms with van der Waals surface area (Å²) in [4.78, 5) is 5.12. The van der Waals surface area contributed by atoms with Gasteiger partial charge >= 0.3 is 27.4 Å². The molecule has 6 radical (unpaired) electrons. The molecule has 0 amide bonds. The average Bonchev–Trinajstić information content (AvgIpc) is 3.07. The van der Waals surface area contributed by atoms with Crippen LogP contribution in [0.4, 0.5) is 0 Å². The lowest BCUT2D eigenvalue weighted by atomic mass is 10.0. The van der Waals surface area contributed by atoms with E-state index >= 15 is 0 Å². The van der Waals surface area contributed by atoms with Gasteiger partial charge in [-0.15, -0.1) is 0 Å². The fourth-order valence-electron chi connectivity index (χ4n) is 6.48. The third-order valence-corrected chi connectivity index (χ3v) is 20.8. The summed E-state index contributed by atoms with van der Waals surface area (Å²) in [6.45, 7) is 25.1. The number of rotatable bonds is 29. The highest BCUT2D eigenvalue weighted by Gasteiger charge is 2.47. The lowest BCUT2D eigenvalue weighted by Gasteiger charge is -2.36. The van der Waals surface area contributed by atoms with E-state index in [4.69, 9.17) is 31.0 Å². The van der Waals surface area contributed by atoms with E-state index in [9.17, 15) is 0 Å². The standard InChI is InChI=1S/C34H70N2O7Si6/c1-15-40-47(41-16-2)27-19-24-35(6)34(36(7)25-20-28-48(42-17-3)43-18-4)44-26-23-30-21-22-31(45(11)12)33(46(13)14)32(30)29(5)49(37-8,38-9)39-10/h21-22,29,34H,15-20,23-28H2,1-14H3. The predicted molar refractivity (Wildman–Crippen MR) is 216 cm³/mol. The first-order chi connectivity index (χ1) is 23.4. The van der Waals surface area contributed by atoms with Crippen molar-refractivity contribution >= 4 is 64.9 Å². The normalized spacial score (nSPS) is 13.5. The first-order valence-electron chi connectivity index (χ1n) is 18.2. The molecule has 0 aliphatic rings. The fourth-order valence-corrected chi connectivity index (χ4v) is 17.4. The molecular weight excluding hydrogens is 717 g/mol. The summed E-state index contributed by atoms with van der Waals surface area (Å²) >= 11 is 0. The number of hydrogen-bond donors (Lipinski definition) is 0. The summed E-state index contributed by atoms with van der Waals surface area (Å²) < 4.78 is 42.0. The molecule has 0 N–H and O–H groups in total. The van der Waals surface area contributed by atoms with Gasteiger partial charge in [-0.05, 0) is 97.4 Å². The molecule has 0 heterocycles. The number of nitrogens with zero attached hydrogens (tertiary/aromatic N) is 2. The molecule has 0 saturated carbocycles. The maximum absolute atomic E-state index is 6.09. The summed E-state index contributed by atoms with van der Waals surface area (Å²) in [5.41, 5.74) is 2.93. The van der Waals surface area contributed by atoms with Gasteiger partial charge in [0.1, 0.15) is 0 Å². The Morgan fingerprint density at radius 1 is 0.714 bits per heavy atom. The van der Waals surface area contributed by atoms with Crippen molar-refractivity contribution in [2.75, 3.05) is 74.9 Å². The van der Waals surface area contributed by atoms with Gasteiger partial charge in [0, 0.05) is 53.5 Å². The Kier molecular flexibility index (Phi) is 25.1. The molecule has 1 aromatic carbocycles. The van der Waals surface area contributed by atoms with Crippen molar-refractivity contribution in [3.05, 3.63) is 23.3 Å². The molecule has 1 rings (SSSR count). The summed E-state index contributed by atoms with van der Waals surface area (Å²) in [6.07, 6.45) is 3.17. The smallest absolute Gasteiger partial charge is 0.394 e. The first-order valence-corrected chi connectivity index (χ1v) is 29.3. The molecule has 1 aromatic rings. The average molecular weight is 787 g/mol. The Morgan fingerprint density at radius 2 is 1.16 bits per heavy atom. The third-order valence-electron chi connectivity index (χ3n) is 8.75. The van der Waals surface area contributed by atoms with Crippen LogP contribution >= 0.6 is 0 Å². The minimum Gasteiger partial charge on any atom is -0.394 e. The quantitative estimate of drug-likeness (QED) is 0.0839. The van der Waals surface area contributed by atoms with E-state index in [1.165, 1.54) is 11.1 Å².